The lowest BCUT2D eigenvalue weighted by molar-refractivity contribution is 1.31. The second-order valence-corrected chi connectivity index (χ2v) is 3.33. The number of aromatic amines is 1. The maximum absolute atomic E-state index is 4.13. The van der Waals surface area contributed by atoms with Gasteiger partial charge in [-0.15, -0.1) is 0 Å². The molecule has 3 aromatic rings. The zero-order valence-corrected chi connectivity index (χ0v) is 9.32. The lowest BCUT2D eigenvalue weighted by Gasteiger charge is -1.92. The van der Waals surface area contributed by atoms with Crippen molar-refractivity contribution in [2.75, 3.05) is 0 Å². The van der Waals surface area contributed by atoms with Crippen molar-refractivity contribution in [3.05, 3.63) is 73.3 Å². The number of imidazole rings is 1. The van der Waals surface area contributed by atoms with Gasteiger partial charge >= 0.3 is 0 Å². The monoisotopic (exact) mass is 223 g/mol. The molecule has 3 heteroatoms. The first kappa shape index (κ1) is 11.1. The Hall–Kier alpha value is -2.42. The molecule has 0 radical (unpaired) electrons. The molecule has 17 heavy (non-hydrogen) atoms. The van der Waals surface area contributed by atoms with Gasteiger partial charge in [-0.05, 0) is 12.1 Å². The van der Waals surface area contributed by atoms with Crippen LogP contribution in [0.1, 0.15) is 0 Å². The Kier molecular flexibility index (Phi) is 4.06. The van der Waals surface area contributed by atoms with Gasteiger partial charge in [0, 0.05) is 30.4 Å². The van der Waals surface area contributed by atoms with E-state index in [1.807, 2.05) is 54.7 Å². The molecule has 84 valence electrons. The number of nitrogens with zero attached hydrogens (tertiary/aromatic N) is 2. The molecule has 3 rings (SSSR count). The van der Waals surface area contributed by atoms with Gasteiger partial charge in [0.15, 0.2) is 0 Å². The molecule has 1 N–H and O–H groups in total. The molecular weight excluding hydrogens is 210 g/mol. The summed E-state index contributed by atoms with van der Waals surface area (Å²) in [5.41, 5.74) is 1.12. The van der Waals surface area contributed by atoms with Crippen LogP contribution in [0.15, 0.2) is 73.3 Å². The predicted molar refractivity (Wildman–Crippen MR) is 68.3 cm³/mol. The summed E-state index contributed by atoms with van der Waals surface area (Å²) in [6.07, 6.45) is 7.07. The first-order valence-electron chi connectivity index (χ1n) is 5.36. The molecule has 0 saturated carbocycles. The van der Waals surface area contributed by atoms with Crippen molar-refractivity contribution < 1.29 is 0 Å². The maximum atomic E-state index is 4.13. The van der Waals surface area contributed by atoms with E-state index in [4.69, 9.17) is 0 Å². The van der Waals surface area contributed by atoms with Crippen LogP contribution in [0.4, 0.5) is 0 Å². The van der Waals surface area contributed by atoms with Crippen molar-refractivity contribution in [3.8, 4) is 11.4 Å². The molecular formula is C14H13N3. The fraction of sp³-hybridized carbons (Fsp3) is 0. The summed E-state index contributed by atoms with van der Waals surface area (Å²) < 4.78 is 0. The molecule has 0 atom stereocenters. The molecule has 0 aliphatic rings. The molecule has 2 heterocycles. The van der Waals surface area contributed by atoms with Crippen molar-refractivity contribution in [3.63, 3.8) is 0 Å². The van der Waals surface area contributed by atoms with E-state index in [0.717, 1.165) is 11.4 Å². The third-order valence-corrected chi connectivity index (χ3v) is 2.11. The molecule has 0 unspecified atom stereocenters. The van der Waals surface area contributed by atoms with E-state index in [-0.39, 0.29) is 0 Å². The first-order valence-corrected chi connectivity index (χ1v) is 5.36. The van der Waals surface area contributed by atoms with Gasteiger partial charge in [0.2, 0.25) is 0 Å². The predicted octanol–water partition coefficient (Wildman–Crippen LogP) is 3.16. The Labute approximate surface area is 100 Å². The Morgan fingerprint density at radius 1 is 0.765 bits per heavy atom. The Morgan fingerprint density at radius 3 is 1.94 bits per heavy atom. The van der Waals surface area contributed by atoms with Crippen LogP contribution in [0.25, 0.3) is 11.4 Å². The quantitative estimate of drug-likeness (QED) is 0.688. The topological polar surface area (TPSA) is 41.6 Å². The first-order chi connectivity index (χ1) is 8.47. The van der Waals surface area contributed by atoms with Crippen LogP contribution >= 0.6 is 0 Å². The van der Waals surface area contributed by atoms with E-state index in [1.165, 1.54) is 0 Å². The van der Waals surface area contributed by atoms with Gasteiger partial charge in [-0.3, -0.25) is 4.98 Å². The van der Waals surface area contributed by atoms with Crippen molar-refractivity contribution in [2.45, 2.75) is 0 Å². The standard InChI is InChI=1S/C9H8N2.C5H5N/c1-2-4-8(5-3-1)9-10-6-7-11-9;1-2-4-6-5-3-1/h1-7H,(H,10,11);1-5H. The van der Waals surface area contributed by atoms with Gasteiger partial charge < -0.3 is 4.98 Å². The number of H-pyrrole nitrogens is 1. The summed E-state index contributed by atoms with van der Waals surface area (Å²) in [6, 6.07) is 15.8. The fourth-order valence-electron chi connectivity index (χ4n) is 1.33. The maximum Gasteiger partial charge on any atom is 0.137 e. The van der Waals surface area contributed by atoms with Gasteiger partial charge in [-0.1, -0.05) is 36.4 Å². The summed E-state index contributed by atoms with van der Waals surface area (Å²) in [5.74, 6) is 0.922. The number of hydrogen-bond acceptors (Lipinski definition) is 2. The van der Waals surface area contributed by atoms with E-state index in [2.05, 4.69) is 15.0 Å². The smallest absolute Gasteiger partial charge is 0.137 e. The highest BCUT2D eigenvalue weighted by atomic mass is 14.9. The summed E-state index contributed by atoms with van der Waals surface area (Å²) in [6.45, 7) is 0. The molecule has 0 bridgehead atoms. The number of pyridine rings is 1. The zero-order valence-electron chi connectivity index (χ0n) is 9.32. The number of hydrogen-bond donors (Lipinski definition) is 1. The van der Waals surface area contributed by atoms with Crippen molar-refractivity contribution in [1.82, 2.24) is 15.0 Å². The van der Waals surface area contributed by atoms with Gasteiger partial charge in [-0.2, -0.15) is 0 Å². The van der Waals surface area contributed by atoms with Crippen LogP contribution in [0.5, 0.6) is 0 Å². The van der Waals surface area contributed by atoms with Crippen molar-refractivity contribution >= 4 is 0 Å². The summed E-state index contributed by atoms with van der Waals surface area (Å²) in [4.78, 5) is 11.0. The van der Waals surface area contributed by atoms with Gasteiger partial charge in [0.05, 0.1) is 0 Å². The Balaban J connectivity index is 0.000000153. The third kappa shape index (κ3) is 3.57. The number of aromatic nitrogens is 3. The number of rotatable bonds is 1. The highest BCUT2D eigenvalue weighted by Gasteiger charge is 1.94. The average molecular weight is 223 g/mol. The van der Waals surface area contributed by atoms with Gasteiger partial charge in [-0.25, -0.2) is 4.98 Å². The lowest BCUT2D eigenvalue weighted by atomic mass is 10.2. The number of nitrogens with one attached hydrogen (secondary N) is 1. The Bertz CT molecular complexity index is 477. The minimum Gasteiger partial charge on any atom is -0.345 e. The summed E-state index contributed by atoms with van der Waals surface area (Å²) in [5, 5.41) is 0. The van der Waals surface area contributed by atoms with Crippen LogP contribution in [-0.4, -0.2) is 15.0 Å². The highest BCUT2D eigenvalue weighted by Crippen LogP contribution is 2.11. The van der Waals surface area contributed by atoms with Crippen molar-refractivity contribution in [2.24, 2.45) is 0 Å². The van der Waals surface area contributed by atoms with Crippen molar-refractivity contribution in [1.29, 1.82) is 0 Å². The van der Waals surface area contributed by atoms with Crippen LogP contribution in [-0.2, 0) is 0 Å². The molecule has 0 fully saturated rings. The minimum atomic E-state index is 0.922. The van der Waals surface area contributed by atoms with Gasteiger partial charge in [0.25, 0.3) is 0 Å². The van der Waals surface area contributed by atoms with E-state index in [9.17, 15) is 0 Å². The summed E-state index contributed by atoms with van der Waals surface area (Å²) in [7, 11) is 0. The van der Waals surface area contributed by atoms with Crippen LogP contribution in [0, 0.1) is 0 Å². The van der Waals surface area contributed by atoms with E-state index >= 15 is 0 Å². The number of benzene rings is 1. The van der Waals surface area contributed by atoms with E-state index in [0.29, 0.717) is 0 Å². The molecule has 0 aliphatic heterocycles. The fourth-order valence-corrected chi connectivity index (χ4v) is 1.33. The molecule has 0 spiro atoms. The third-order valence-electron chi connectivity index (χ3n) is 2.11. The SMILES string of the molecule is c1ccc(-c2ncc[nH]2)cc1.c1ccncc1. The van der Waals surface area contributed by atoms with Gasteiger partial charge in [0.1, 0.15) is 5.82 Å². The Morgan fingerprint density at radius 2 is 1.47 bits per heavy atom. The lowest BCUT2D eigenvalue weighted by Crippen LogP contribution is -1.77. The van der Waals surface area contributed by atoms with E-state index in [1.54, 1.807) is 18.6 Å². The highest BCUT2D eigenvalue weighted by molar-refractivity contribution is 5.53. The molecule has 1 aromatic carbocycles. The molecule has 0 aliphatic carbocycles. The normalized spacial score (nSPS) is 9.18. The molecule has 2 aromatic heterocycles. The van der Waals surface area contributed by atoms with Crippen LogP contribution in [0.3, 0.4) is 0 Å². The van der Waals surface area contributed by atoms with E-state index < -0.39 is 0 Å². The van der Waals surface area contributed by atoms with Crippen LogP contribution < -0.4 is 0 Å². The second kappa shape index (κ2) is 6.23. The minimum absolute atomic E-state index is 0.922. The second-order valence-electron chi connectivity index (χ2n) is 3.33. The average Bonchev–Trinajstić information content (AvgIpc) is 2.96. The molecule has 3 nitrogen and oxygen atoms in total. The largest absolute Gasteiger partial charge is 0.345 e. The molecule has 0 saturated heterocycles. The zero-order chi connectivity index (χ0) is 11.8. The molecule has 0 amide bonds. The summed E-state index contributed by atoms with van der Waals surface area (Å²) >= 11 is 0. The van der Waals surface area contributed by atoms with Crippen LogP contribution in [0.2, 0.25) is 0 Å².